The Morgan fingerprint density at radius 1 is 1.09 bits per heavy atom. The van der Waals surface area contributed by atoms with Crippen molar-refractivity contribution < 1.29 is 21.6 Å². The second-order valence-corrected chi connectivity index (χ2v) is 8.62. The van der Waals surface area contributed by atoms with Crippen LogP contribution in [-0.4, -0.2) is 40.1 Å². The number of hydrogen-bond acceptors (Lipinski definition) is 5. The summed E-state index contributed by atoms with van der Waals surface area (Å²) in [5.41, 5.74) is 5.24. The van der Waals surface area contributed by atoms with Gasteiger partial charge >= 0.3 is 0 Å². The zero-order chi connectivity index (χ0) is 16.5. The van der Waals surface area contributed by atoms with E-state index in [0.717, 1.165) is 12.1 Å². The highest BCUT2D eigenvalue weighted by Crippen LogP contribution is 2.24. The first-order valence-electron chi connectivity index (χ1n) is 6.54. The van der Waals surface area contributed by atoms with Crippen molar-refractivity contribution in [2.24, 2.45) is 16.8 Å². The lowest BCUT2D eigenvalue weighted by Gasteiger charge is -2.30. The Balaban J connectivity index is 2.28. The Hall–Kier alpha value is -1.49. The smallest absolute Gasteiger partial charge is 0.243 e. The minimum Gasteiger partial charge on any atom is -0.369 e. The molecule has 10 heteroatoms. The first kappa shape index (κ1) is 16.9. The van der Waals surface area contributed by atoms with Crippen LogP contribution in [0.25, 0.3) is 0 Å². The van der Waals surface area contributed by atoms with Crippen LogP contribution >= 0.6 is 0 Å². The van der Waals surface area contributed by atoms with Crippen LogP contribution in [0.3, 0.4) is 0 Å². The summed E-state index contributed by atoms with van der Waals surface area (Å²) in [5.74, 6) is -1.03. The molecule has 1 saturated heterocycles. The van der Waals surface area contributed by atoms with E-state index in [4.69, 9.17) is 10.9 Å². The number of hydrogen-bond donors (Lipinski definition) is 2. The molecule has 1 aliphatic rings. The highest BCUT2D eigenvalue weighted by atomic mass is 32.2. The molecule has 1 atom stereocenters. The Kier molecular flexibility index (Phi) is 4.57. The maximum absolute atomic E-state index is 12.5. The van der Waals surface area contributed by atoms with E-state index in [2.05, 4.69) is 0 Å². The van der Waals surface area contributed by atoms with Gasteiger partial charge in [0.15, 0.2) is 0 Å². The number of carbonyl (C=O) groups is 1. The highest BCUT2D eigenvalue weighted by molar-refractivity contribution is 7.89. The van der Waals surface area contributed by atoms with Crippen molar-refractivity contribution in [1.82, 2.24) is 4.31 Å². The predicted molar refractivity (Wildman–Crippen MR) is 78.5 cm³/mol. The molecule has 0 aliphatic carbocycles. The Bertz CT molecular complexity index is 771. The summed E-state index contributed by atoms with van der Waals surface area (Å²) in [6.07, 6.45) is 1.10. The van der Waals surface area contributed by atoms with Gasteiger partial charge in [-0.15, -0.1) is 0 Å². The van der Waals surface area contributed by atoms with Crippen LogP contribution in [-0.2, 0) is 24.8 Å². The molecular formula is C12H17N3O5S2. The van der Waals surface area contributed by atoms with E-state index >= 15 is 0 Å². The number of amides is 1. The van der Waals surface area contributed by atoms with Crippen molar-refractivity contribution in [2.45, 2.75) is 22.6 Å². The number of piperidine rings is 1. The van der Waals surface area contributed by atoms with Crippen LogP contribution in [0, 0.1) is 5.92 Å². The number of carbonyl (C=O) groups excluding carboxylic acids is 1. The van der Waals surface area contributed by atoms with Crippen LogP contribution in [0.5, 0.6) is 0 Å². The van der Waals surface area contributed by atoms with Crippen molar-refractivity contribution >= 4 is 26.0 Å². The van der Waals surface area contributed by atoms with Gasteiger partial charge in [0.1, 0.15) is 0 Å². The number of nitrogens with zero attached hydrogens (tertiary/aromatic N) is 1. The molecule has 1 fully saturated rings. The summed E-state index contributed by atoms with van der Waals surface area (Å²) in [4.78, 5) is 11.0. The largest absolute Gasteiger partial charge is 0.369 e. The van der Waals surface area contributed by atoms with Gasteiger partial charge in [-0.3, -0.25) is 4.79 Å². The monoisotopic (exact) mass is 347 g/mol. The van der Waals surface area contributed by atoms with Crippen LogP contribution in [0.4, 0.5) is 0 Å². The van der Waals surface area contributed by atoms with Crippen molar-refractivity contribution in [3.63, 3.8) is 0 Å². The normalized spacial score (nSPS) is 20.7. The van der Waals surface area contributed by atoms with E-state index in [1.54, 1.807) is 0 Å². The van der Waals surface area contributed by atoms with Gasteiger partial charge in [0, 0.05) is 13.1 Å². The average Bonchev–Trinajstić information content (AvgIpc) is 2.46. The molecule has 22 heavy (non-hydrogen) atoms. The molecule has 4 N–H and O–H groups in total. The molecule has 0 saturated carbocycles. The molecule has 2 rings (SSSR count). The summed E-state index contributed by atoms with van der Waals surface area (Å²) >= 11 is 0. The number of sulfonamides is 2. The number of primary sulfonamides is 1. The average molecular weight is 347 g/mol. The van der Waals surface area contributed by atoms with E-state index in [1.165, 1.54) is 16.4 Å². The minimum absolute atomic E-state index is 0.0363. The molecule has 1 amide bonds. The first-order valence-corrected chi connectivity index (χ1v) is 9.53. The van der Waals surface area contributed by atoms with Crippen LogP contribution < -0.4 is 10.9 Å². The van der Waals surface area contributed by atoms with E-state index in [0.29, 0.717) is 19.4 Å². The third kappa shape index (κ3) is 3.46. The number of benzene rings is 1. The van der Waals surface area contributed by atoms with Crippen LogP contribution in [0.2, 0.25) is 0 Å². The number of primary amides is 1. The van der Waals surface area contributed by atoms with E-state index in [9.17, 15) is 21.6 Å². The molecule has 8 nitrogen and oxygen atoms in total. The molecular weight excluding hydrogens is 330 g/mol. The third-order valence-electron chi connectivity index (χ3n) is 3.58. The van der Waals surface area contributed by atoms with E-state index < -0.39 is 31.9 Å². The first-order chi connectivity index (χ1) is 10.1. The molecule has 1 aromatic rings. The standard InChI is InChI=1S/C12H17N3O5S2/c13-12(16)9-2-1-7-15(8-9)22(19,20)11-5-3-10(4-6-11)21(14,17)18/h3-6,9H,1-2,7-8H2,(H2,13,16)(H2,14,17,18). The van der Waals surface area contributed by atoms with Gasteiger partial charge in [0.2, 0.25) is 26.0 Å². The van der Waals surface area contributed by atoms with Crippen LogP contribution in [0.15, 0.2) is 34.1 Å². The third-order valence-corrected chi connectivity index (χ3v) is 6.39. The van der Waals surface area contributed by atoms with Crippen molar-refractivity contribution in [2.75, 3.05) is 13.1 Å². The second kappa shape index (κ2) is 5.95. The fraction of sp³-hybridized carbons (Fsp3) is 0.417. The molecule has 1 heterocycles. The Labute approximate surface area is 129 Å². The lowest BCUT2D eigenvalue weighted by molar-refractivity contribution is -0.122. The lowest BCUT2D eigenvalue weighted by atomic mass is 9.99. The molecule has 0 spiro atoms. The van der Waals surface area contributed by atoms with Crippen LogP contribution in [0.1, 0.15) is 12.8 Å². The van der Waals surface area contributed by atoms with Gasteiger partial charge in [-0.1, -0.05) is 0 Å². The number of rotatable bonds is 4. The SMILES string of the molecule is NC(=O)C1CCCN(S(=O)(=O)c2ccc(S(N)(=O)=O)cc2)C1. The van der Waals surface area contributed by atoms with E-state index in [1.807, 2.05) is 0 Å². The molecule has 0 bridgehead atoms. The molecule has 0 radical (unpaired) electrons. The highest BCUT2D eigenvalue weighted by Gasteiger charge is 2.32. The maximum Gasteiger partial charge on any atom is 0.243 e. The summed E-state index contributed by atoms with van der Waals surface area (Å²) < 4.78 is 48.6. The maximum atomic E-state index is 12.5. The van der Waals surface area contributed by atoms with Gasteiger partial charge in [0.25, 0.3) is 0 Å². The van der Waals surface area contributed by atoms with Crippen molar-refractivity contribution in [3.05, 3.63) is 24.3 Å². The summed E-state index contributed by atoms with van der Waals surface area (Å²) in [6.45, 7) is 0.331. The van der Waals surface area contributed by atoms with Crippen molar-refractivity contribution in [3.8, 4) is 0 Å². The lowest BCUT2D eigenvalue weighted by Crippen LogP contribution is -2.44. The molecule has 1 unspecified atom stereocenters. The summed E-state index contributed by atoms with van der Waals surface area (Å²) in [7, 11) is -7.68. The predicted octanol–water partition coefficient (Wildman–Crippen LogP) is -0.780. The fourth-order valence-corrected chi connectivity index (χ4v) is 4.38. The van der Waals surface area contributed by atoms with Gasteiger partial charge < -0.3 is 5.73 Å². The Morgan fingerprint density at radius 2 is 1.64 bits per heavy atom. The van der Waals surface area contributed by atoms with E-state index in [-0.39, 0.29) is 16.3 Å². The summed E-state index contributed by atoms with van der Waals surface area (Å²) in [5, 5.41) is 4.97. The minimum atomic E-state index is -3.88. The topological polar surface area (TPSA) is 141 Å². The quantitative estimate of drug-likeness (QED) is 0.735. The second-order valence-electron chi connectivity index (χ2n) is 5.12. The molecule has 1 aliphatic heterocycles. The van der Waals surface area contributed by atoms with Gasteiger partial charge in [-0.25, -0.2) is 22.0 Å². The van der Waals surface area contributed by atoms with Gasteiger partial charge in [0.05, 0.1) is 15.7 Å². The Morgan fingerprint density at radius 3 is 2.14 bits per heavy atom. The van der Waals surface area contributed by atoms with Crippen molar-refractivity contribution in [1.29, 1.82) is 0 Å². The van der Waals surface area contributed by atoms with Gasteiger partial charge in [-0.05, 0) is 37.1 Å². The zero-order valence-electron chi connectivity index (χ0n) is 11.7. The molecule has 1 aromatic carbocycles. The fourth-order valence-electron chi connectivity index (χ4n) is 2.34. The number of nitrogens with two attached hydrogens (primary N) is 2. The zero-order valence-corrected chi connectivity index (χ0v) is 13.3. The van der Waals surface area contributed by atoms with Gasteiger partial charge in [-0.2, -0.15) is 4.31 Å². The molecule has 122 valence electrons. The summed E-state index contributed by atoms with van der Waals surface area (Å²) in [6, 6.07) is 4.64. The molecule has 0 aromatic heterocycles.